The first-order chi connectivity index (χ1) is 9.56. The van der Waals surface area contributed by atoms with Crippen LogP contribution in [0.1, 0.15) is 60.8 Å². The monoisotopic (exact) mass is 296 g/mol. The highest BCUT2D eigenvalue weighted by atomic mass is 16.6. The van der Waals surface area contributed by atoms with Crippen molar-refractivity contribution in [1.29, 1.82) is 0 Å². The van der Waals surface area contributed by atoms with Gasteiger partial charge in [-0.05, 0) is 51.4 Å². The lowest BCUT2D eigenvalue weighted by Gasteiger charge is -2.46. The van der Waals surface area contributed by atoms with Crippen LogP contribution in [0.5, 0.6) is 0 Å². The number of nitrogens with one attached hydrogen (secondary N) is 1. The molecule has 122 valence electrons. The molecule has 2 aliphatic rings. The van der Waals surface area contributed by atoms with Crippen LogP contribution in [0.3, 0.4) is 0 Å². The highest BCUT2D eigenvalue weighted by molar-refractivity contribution is 5.69. The van der Waals surface area contributed by atoms with Crippen molar-refractivity contribution in [2.45, 2.75) is 78.5 Å². The number of carbonyl (C=O) groups is 1. The maximum absolute atomic E-state index is 11.9. The molecule has 1 N–H and O–H groups in total. The van der Waals surface area contributed by atoms with E-state index in [4.69, 9.17) is 4.74 Å². The fourth-order valence-corrected chi connectivity index (χ4v) is 3.56. The Morgan fingerprint density at radius 2 is 1.90 bits per heavy atom. The van der Waals surface area contributed by atoms with Gasteiger partial charge in [-0.15, -0.1) is 0 Å². The molecule has 0 aromatic rings. The average molecular weight is 296 g/mol. The minimum Gasteiger partial charge on any atom is -0.444 e. The van der Waals surface area contributed by atoms with Gasteiger partial charge in [0.25, 0.3) is 0 Å². The van der Waals surface area contributed by atoms with Crippen molar-refractivity contribution in [1.82, 2.24) is 10.2 Å². The Morgan fingerprint density at radius 1 is 1.29 bits per heavy atom. The largest absolute Gasteiger partial charge is 0.444 e. The van der Waals surface area contributed by atoms with Crippen LogP contribution in [-0.4, -0.2) is 41.8 Å². The number of rotatable bonds is 2. The quantitative estimate of drug-likeness (QED) is 0.849. The van der Waals surface area contributed by atoms with Gasteiger partial charge in [0, 0.05) is 25.2 Å². The van der Waals surface area contributed by atoms with Crippen molar-refractivity contribution >= 4 is 6.09 Å². The van der Waals surface area contributed by atoms with Gasteiger partial charge in [0.2, 0.25) is 0 Å². The second kappa shape index (κ2) is 5.79. The molecule has 0 bridgehead atoms. The first-order valence-corrected chi connectivity index (χ1v) is 8.30. The molecule has 4 heteroatoms. The summed E-state index contributed by atoms with van der Waals surface area (Å²) in [6.45, 7) is 14.4. The highest BCUT2D eigenvalue weighted by Crippen LogP contribution is 2.38. The van der Waals surface area contributed by atoms with E-state index in [1.807, 2.05) is 20.8 Å². The van der Waals surface area contributed by atoms with Crippen molar-refractivity contribution in [3.05, 3.63) is 0 Å². The van der Waals surface area contributed by atoms with E-state index in [1.165, 1.54) is 19.3 Å². The third-order valence-corrected chi connectivity index (χ3v) is 4.68. The molecule has 4 nitrogen and oxygen atoms in total. The molecule has 0 aromatic heterocycles. The van der Waals surface area contributed by atoms with E-state index in [1.54, 1.807) is 4.90 Å². The van der Waals surface area contributed by atoms with Crippen molar-refractivity contribution in [3.8, 4) is 0 Å². The summed E-state index contributed by atoms with van der Waals surface area (Å²) in [6, 6.07) is 1.04. The summed E-state index contributed by atoms with van der Waals surface area (Å²) < 4.78 is 5.39. The fraction of sp³-hybridized carbons (Fsp3) is 0.941. The van der Waals surface area contributed by atoms with Gasteiger partial charge < -0.3 is 15.0 Å². The highest BCUT2D eigenvalue weighted by Gasteiger charge is 2.38. The summed E-state index contributed by atoms with van der Waals surface area (Å²) in [5, 5.41) is 3.74. The van der Waals surface area contributed by atoms with E-state index in [2.05, 4.69) is 26.1 Å². The predicted octanol–water partition coefficient (Wildman–Crippen LogP) is 3.41. The Bertz CT molecular complexity index is 381. The molecular formula is C17H32N2O2. The maximum atomic E-state index is 11.9. The van der Waals surface area contributed by atoms with Crippen LogP contribution < -0.4 is 5.32 Å². The van der Waals surface area contributed by atoms with Crippen molar-refractivity contribution in [3.63, 3.8) is 0 Å². The summed E-state index contributed by atoms with van der Waals surface area (Å²) in [6.07, 6.45) is 3.64. The molecule has 1 saturated carbocycles. The fourth-order valence-electron chi connectivity index (χ4n) is 3.56. The number of nitrogens with zero attached hydrogens (tertiary/aromatic N) is 1. The molecule has 0 spiro atoms. The molecule has 21 heavy (non-hydrogen) atoms. The van der Waals surface area contributed by atoms with E-state index in [0.29, 0.717) is 23.4 Å². The SMILES string of the molecule is CC1CC(C)(C)CCC1NC1CN(C(=O)OC(C)(C)C)C1. The van der Waals surface area contributed by atoms with Gasteiger partial charge in [0.15, 0.2) is 0 Å². The van der Waals surface area contributed by atoms with E-state index in [0.717, 1.165) is 13.1 Å². The van der Waals surface area contributed by atoms with E-state index < -0.39 is 5.60 Å². The van der Waals surface area contributed by atoms with E-state index in [-0.39, 0.29) is 6.09 Å². The van der Waals surface area contributed by atoms with Crippen LogP contribution >= 0.6 is 0 Å². The van der Waals surface area contributed by atoms with Gasteiger partial charge in [-0.1, -0.05) is 20.8 Å². The molecule has 1 aliphatic heterocycles. The predicted molar refractivity (Wildman–Crippen MR) is 85.3 cm³/mol. The topological polar surface area (TPSA) is 41.6 Å². The molecule has 2 atom stereocenters. The Morgan fingerprint density at radius 3 is 2.43 bits per heavy atom. The average Bonchev–Trinajstić information content (AvgIpc) is 2.21. The Labute approximate surface area is 129 Å². The lowest BCUT2D eigenvalue weighted by atomic mass is 9.70. The van der Waals surface area contributed by atoms with Gasteiger partial charge >= 0.3 is 6.09 Å². The lowest BCUT2D eigenvalue weighted by molar-refractivity contribution is 0.00164. The number of hydrogen-bond acceptors (Lipinski definition) is 3. The smallest absolute Gasteiger partial charge is 0.410 e. The molecule has 1 aliphatic carbocycles. The van der Waals surface area contributed by atoms with Crippen LogP contribution in [0.15, 0.2) is 0 Å². The Hall–Kier alpha value is -0.770. The van der Waals surface area contributed by atoms with Gasteiger partial charge in [0.1, 0.15) is 5.60 Å². The minimum absolute atomic E-state index is 0.182. The summed E-state index contributed by atoms with van der Waals surface area (Å²) in [5.41, 5.74) is 0.0822. The molecule has 1 heterocycles. The summed E-state index contributed by atoms with van der Waals surface area (Å²) in [7, 11) is 0. The number of amides is 1. The molecule has 0 radical (unpaired) electrons. The Balaban J connectivity index is 1.72. The zero-order valence-electron chi connectivity index (χ0n) is 14.5. The first kappa shape index (κ1) is 16.6. The van der Waals surface area contributed by atoms with E-state index in [9.17, 15) is 4.79 Å². The third kappa shape index (κ3) is 4.60. The lowest BCUT2D eigenvalue weighted by Crippen LogP contribution is -2.63. The second-order valence-electron chi connectivity index (χ2n) is 8.74. The summed E-state index contributed by atoms with van der Waals surface area (Å²) >= 11 is 0. The minimum atomic E-state index is -0.404. The molecule has 2 rings (SSSR count). The van der Waals surface area contributed by atoms with Gasteiger partial charge in [0.05, 0.1) is 0 Å². The molecule has 1 saturated heterocycles. The van der Waals surface area contributed by atoms with Crippen LogP contribution in [0.4, 0.5) is 4.79 Å². The Kier molecular flexibility index (Phi) is 4.57. The number of ether oxygens (including phenoxy) is 1. The summed E-state index contributed by atoms with van der Waals surface area (Å²) in [4.78, 5) is 13.7. The molecule has 1 amide bonds. The zero-order chi connectivity index (χ0) is 15.8. The molecule has 2 fully saturated rings. The summed E-state index contributed by atoms with van der Waals surface area (Å²) in [5.74, 6) is 0.712. The first-order valence-electron chi connectivity index (χ1n) is 8.30. The molecule has 2 unspecified atom stereocenters. The van der Waals surface area contributed by atoms with E-state index >= 15 is 0 Å². The van der Waals surface area contributed by atoms with Gasteiger partial charge in [-0.3, -0.25) is 0 Å². The molecule has 0 aromatic carbocycles. The van der Waals surface area contributed by atoms with Crippen LogP contribution in [0.2, 0.25) is 0 Å². The van der Waals surface area contributed by atoms with Crippen LogP contribution in [-0.2, 0) is 4.74 Å². The zero-order valence-corrected chi connectivity index (χ0v) is 14.5. The number of carbonyl (C=O) groups excluding carboxylic acids is 1. The van der Waals surface area contributed by atoms with Crippen molar-refractivity contribution in [2.24, 2.45) is 11.3 Å². The van der Waals surface area contributed by atoms with Gasteiger partial charge in [-0.25, -0.2) is 4.79 Å². The van der Waals surface area contributed by atoms with Crippen molar-refractivity contribution < 1.29 is 9.53 Å². The second-order valence-corrected chi connectivity index (χ2v) is 8.74. The maximum Gasteiger partial charge on any atom is 0.410 e. The molecular weight excluding hydrogens is 264 g/mol. The van der Waals surface area contributed by atoms with Crippen LogP contribution in [0, 0.1) is 11.3 Å². The normalized spacial score (nSPS) is 29.9. The number of hydrogen-bond donors (Lipinski definition) is 1. The third-order valence-electron chi connectivity index (χ3n) is 4.68. The standard InChI is InChI=1S/C17H32N2O2/c1-12-9-17(5,6)8-7-14(12)18-13-10-19(11-13)15(20)21-16(2,3)4/h12-14,18H,7-11H2,1-6H3. The van der Waals surface area contributed by atoms with Crippen LogP contribution in [0.25, 0.3) is 0 Å². The van der Waals surface area contributed by atoms with Gasteiger partial charge in [-0.2, -0.15) is 0 Å². The number of likely N-dealkylation sites (tertiary alicyclic amines) is 1. The van der Waals surface area contributed by atoms with Crippen molar-refractivity contribution in [2.75, 3.05) is 13.1 Å².